The zero-order valence-corrected chi connectivity index (χ0v) is 15.8. The highest BCUT2D eigenvalue weighted by molar-refractivity contribution is 5.68. The van der Waals surface area contributed by atoms with Gasteiger partial charge < -0.3 is 14.2 Å². The van der Waals surface area contributed by atoms with Gasteiger partial charge in [-0.15, -0.1) is 0 Å². The molecule has 0 saturated carbocycles. The molecule has 1 aliphatic rings. The second-order valence-corrected chi connectivity index (χ2v) is 6.95. The van der Waals surface area contributed by atoms with Crippen LogP contribution in [0.25, 0.3) is 11.3 Å². The number of nitrogens with zero attached hydrogens (tertiary/aromatic N) is 3. The Labute approximate surface area is 164 Å². The largest absolute Gasteiger partial charge is 0.422 e. The van der Waals surface area contributed by atoms with E-state index in [4.69, 9.17) is 4.42 Å². The molecule has 0 atom stereocenters. The number of aryl methyl sites for hydroxylation is 1. The highest BCUT2D eigenvalue weighted by Crippen LogP contribution is 2.27. The fourth-order valence-electron chi connectivity index (χ4n) is 3.54. The van der Waals surface area contributed by atoms with Crippen LogP contribution < -0.4 is 15.4 Å². The van der Waals surface area contributed by atoms with E-state index in [1.165, 1.54) is 5.69 Å². The quantitative estimate of drug-likeness (QED) is 0.701. The molecule has 4 rings (SSSR count). The summed E-state index contributed by atoms with van der Waals surface area (Å²) in [6, 6.07) is 21.9. The first-order valence-electron chi connectivity index (χ1n) is 9.36. The summed E-state index contributed by atoms with van der Waals surface area (Å²) in [5.41, 5.74) is 3.30. The van der Waals surface area contributed by atoms with Gasteiger partial charge in [0.05, 0.1) is 5.69 Å². The summed E-state index contributed by atoms with van der Waals surface area (Å²) in [5.74, 6) is 0.490. The molecule has 0 radical (unpaired) electrons. The number of hydrogen-bond donors (Lipinski definition) is 0. The minimum absolute atomic E-state index is 0.0732. The monoisotopic (exact) mass is 371 g/mol. The third-order valence-electron chi connectivity index (χ3n) is 5.12. The molecule has 0 unspecified atom stereocenters. The molecule has 1 aromatic heterocycles. The van der Waals surface area contributed by atoms with Crippen LogP contribution in [0.3, 0.4) is 0 Å². The van der Waals surface area contributed by atoms with Crippen LogP contribution in [0.5, 0.6) is 0 Å². The smallest absolute Gasteiger partial charge is 0.356 e. The van der Waals surface area contributed by atoms with Gasteiger partial charge in [0.25, 0.3) is 0 Å². The van der Waals surface area contributed by atoms with E-state index in [1.54, 1.807) is 0 Å². The van der Waals surface area contributed by atoms with Gasteiger partial charge in [-0.3, -0.25) is 0 Å². The molecule has 0 aliphatic carbocycles. The number of anilines is 2. The molecule has 1 fully saturated rings. The molecule has 5 heteroatoms. The topological polar surface area (TPSA) is 60.5 Å². The number of para-hydroxylation sites is 1. The first-order chi connectivity index (χ1) is 13.7. The highest BCUT2D eigenvalue weighted by atomic mass is 16.4. The SMILES string of the molecule is Cc1ccc(-c2cc(N3CCN(c4ccccc4)CC3)c(C#N)c(=O)o2)cc1. The van der Waals surface area contributed by atoms with Crippen LogP contribution in [0.15, 0.2) is 69.9 Å². The number of nitriles is 1. The molecule has 28 heavy (non-hydrogen) atoms. The van der Waals surface area contributed by atoms with Crippen LogP contribution in [0.1, 0.15) is 11.1 Å². The molecule has 1 aliphatic heterocycles. The van der Waals surface area contributed by atoms with Crippen LogP contribution in [0.4, 0.5) is 11.4 Å². The first kappa shape index (κ1) is 17.9. The molecule has 0 amide bonds. The Bertz CT molecular complexity index is 1060. The Hall–Kier alpha value is -3.52. The van der Waals surface area contributed by atoms with Crippen molar-refractivity contribution in [2.45, 2.75) is 6.92 Å². The van der Waals surface area contributed by atoms with Crippen molar-refractivity contribution in [2.75, 3.05) is 36.0 Å². The van der Waals surface area contributed by atoms with E-state index in [2.05, 4.69) is 21.9 Å². The lowest BCUT2D eigenvalue weighted by Crippen LogP contribution is -2.47. The van der Waals surface area contributed by atoms with E-state index in [9.17, 15) is 10.1 Å². The molecule has 2 heterocycles. The molecule has 0 bridgehead atoms. The first-order valence-corrected chi connectivity index (χ1v) is 9.36. The third kappa shape index (κ3) is 3.49. The Balaban J connectivity index is 1.63. The van der Waals surface area contributed by atoms with Gasteiger partial charge in [0.1, 0.15) is 11.8 Å². The molecule has 1 saturated heterocycles. The molecular formula is C23H21N3O2. The standard InChI is InChI=1S/C23H21N3O2/c1-17-7-9-18(10-8-17)22-15-21(20(16-24)23(27)28-22)26-13-11-25(12-14-26)19-5-3-2-4-6-19/h2-10,15H,11-14H2,1H3. The number of hydrogen-bond acceptors (Lipinski definition) is 5. The molecular weight excluding hydrogens is 350 g/mol. The van der Waals surface area contributed by atoms with Crippen LogP contribution in [-0.2, 0) is 0 Å². The summed E-state index contributed by atoms with van der Waals surface area (Å²) in [4.78, 5) is 16.9. The van der Waals surface area contributed by atoms with Gasteiger partial charge in [0.15, 0.2) is 5.56 Å². The summed E-state index contributed by atoms with van der Waals surface area (Å²) in [6.45, 7) is 5.14. The Morgan fingerprint density at radius 2 is 1.57 bits per heavy atom. The van der Waals surface area contributed by atoms with Crippen LogP contribution in [-0.4, -0.2) is 26.2 Å². The highest BCUT2D eigenvalue weighted by Gasteiger charge is 2.23. The maximum Gasteiger partial charge on any atom is 0.356 e. The lowest BCUT2D eigenvalue weighted by molar-refractivity contribution is 0.521. The second-order valence-electron chi connectivity index (χ2n) is 6.95. The summed E-state index contributed by atoms with van der Waals surface area (Å²) >= 11 is 0. The molecule has 0 N–H and O–H groups in total. The Morgan fingerprint density at radius 3 is 2.21 bits per heavy atom. The van der Waals surface area contributed by atoms with Crippen molar-refractivity contribution in [1.29, 1.82) is 5.26 Å². The van der Waals surface area contributed by atoms with Crippen molar-refractivity contribution in [2.24, 2.45) is 0 Å². The van der Waals surface area contributed by atoms with Gasteiger partial charge in [0.2, 0.25) is 0 Å². The van der Waals surface area contributed by atoms with Gasteiger partial charge in [-0.2, -0.15) is 5.26 Å². The molecule has 2 aromatic carbocycles. The minimum atomic E-state index is -0.582. The van der Waals surface area contributed by atoms with Crippen molar-refractivity contribution in [1.82, 2.24) is 0 Å². The fourth-order valence-corrected chi connectivity index (χ4v) is 3.54. The molecule has 140 valence electrons. The molecule has 5 nitrogen and oxygen atoms in total. The van der Waals surface area contributed by atoms with E-state index >= 15 is 0 Å². The Morgan fingerprint density at radius 1 is 0.929 bits per heavy atom. The summed E-state index contributed by atoms with van der Waals surface area (Å²) in [6.07, 6.45) is 0. The second kappa shape index (κ2) is 7.61. The minimum Gasteiger partial charge on any atom is -0.422 e. The van der Waals surface area contributed by atoms with Crippen molar-refractivity contribution >= 4 is 11.4 Å². The maximum absolute atomic E-state index is 12.4. The van der Waals surface area contributed by atoms with Crippen LogP contribution in [0.2, 0.25) is 0 Å². The van der Waals surface area contributed by atoms with E-state index in [0.717, 1.165) is 37.3 Å². The van der Waals surface area contributed by atoms with Gasteiger partial charge in [-0.25, -0.2) is 4.79 Å². The lowest BCUT2D eigenvalue weighted by Gasteiger charge is -2.37. The predicted molar refractivity (Wildman–Crippen MR) is 111 cm³/mol. The van der Waals surface area contributed by atoms with Crippen LogP contribution >= 0.6 is 0 Å². The van der Waals surface area contributed by atoms with Crippen molar-refractivity contribution < 1.29 is 4.42 Å². The van der Waals surface area contributed by atoms with E-state index in [0.29, 0.717) is 11.4 Å². The summed E-state index contributed by atoms with van der Waals surface area (Å²) in [7, 11) is 0. The summed E-state index contributed by atoms with van der Waals surface area (Å²) in [5, 5.41) is 9.51. The predicted octanol–water partition coefficient (Wildman–Crippen LogP) is 3.81. The number of benzene rings is 2. The zero-order valence-electron chi connectivity index (χ0n) is 15.8. The molecule has 0 spiro atoms. The fraction of sp³-hybridized carbons (Fsp3) is 0.217. The van der Waals surface area contributed by atoms with Crippen molar-refractivity contribution in [3.05, 3.63) is 82.2 Å². The maximum atomic E-state index is 12.4. The third-order valence-corrected chi connectivity index (χ3v) is 5.12. The molecule has 3 aromatic rings. The van der Waals surface area contributed by atoms with E-state index < -0.39 is 5.63 Å². The van der Waals surface area contributed by atoms with Gasteiger partial charge in [-0.1, -0.05) is 48.0 Å². The number of rotatable bonds is 3. The normalized spacial score (nSPS) is 14.0. The van der Waals surface area contributed by atoms with Crippen molar-refractivity contribution in [3.63, 3.8) is 0 Å². The van der Waals surface area contributed by atoms with E-state index in [-0.39, 0.29) is 5.56 Å². The zero-order chi connectivity index (χ0) is 19.5. The Kier molecular flexibility index (Phi) is 4.86. The number of piperazine rings is 1. The average Bonchev–Trinajstić information content (AvgIpc) is 2.74. The van der Waals surface area contributed by atoms with Gasteiger partial charge in [0, 0.05) is 43.5 Å². The summed E-state index contributed by atoms with van der Waals surface area (Å²) < 4.78 is 5.43. The van der Waals surface area contributed by atoms with Gasteiger partial charge >= 0.3 is 5.63 Å². The van der Waals surface area contributed by atoms with Crippen molar-refractivity contribution in [3.8, 4) is 17.4 Å². The van der Waals surface area contributed by atoms with E-state index in [1.807, 2.05) is 61.5 Å². The van der Waals surface area contributed by atoms with Crippen LogP contribution in [0, 0.1) is 18.3 Å². The average molecular weight is 371 g/mol. The lowest BCUT2D eigenvalue weighted by atomic mass is 10.1. The van der Waals surface area contributed by atoms with Gasteiger partial charge in [-0.05, 0) is 19.1 Å².